The van der Waals surface area contributed by atoms with Gasteiger partial charge in [0.1, 0.15) is 0 Å². The van der Waals surface area contributed by atoms with Gasteiger partial charge in [-0.3, -0.25) is 0 Å². The van der Waals surface area contributed by atoms with Gasteiger partial charge in [-0.1, -0.05) is 43.7 Å². The van der Waals surface area contributed by atoms with Crippen LogP contribution in [0, 0.1) is 12.8 Å². The molecule has 2 heteroatoms. The highest BCUT2D eigenvalue weighted by molar-refractivity contribution is 5.23. The molecular weight excluding hydrogens is 222 g/mol. The Morgan fingerprint density at radius 2 is 2.00 bits per heavy atom. The van der Waals surface area contributed by atoms with Gasteiger partial charge in [0.2, 0.25) is 0 Å². The molecule has 1 rings (SSSR count). The van der Waals surface area contributed by atoms with E-state index in [-0.39, 0.29) is 6.10 Å². The maximum absolute atomic E-state index is 5.90. The molecule has 102 valence electrons. The van der Waals surface area contributed by atoms with Crippen LogP contribution in [0.5, 0.6) is 0 Å². The second-order valence-electron chi connectivity index (χ2n) is 5.25. The van der Waals surface area contributed by atoms with E-state index < -0.39 is 0 Å². The van der Waals surface area contributed by atoms with Crippen molar-refractivity contribution in [3.05, 3.63) is 35.4 Å². The van der Waals surface area contributed by atoms with Crippen LogP contribution < -0.4 is 5.32 Å². The largest absolute Gasteiger partial charge is 0.377 e. The Morgan fingerprint density at radius 3 is 2.50 bits per heavy atom. The normalized spacial score (nSPS) is 14.8. The highest BCUT2D eigenvalue weighted by Gasteiger charge is 2.23. The van der Waals surface area contributed by atoms with E-state index in [0.717, 1.165) is 13.0 Å². The molecule has 2 unspecified atom stereocenters. The summed E-state index contributed by atoms with van der Waals surface area (Å²) in [6.07, 6.45) is 1.28. The maximum Gasteiger partial charge on any atom is 0.0753 e. The van der Waals surface area contributed by atoms with Crippen molar-refractivity contribution in [3.8, 4) is 0 Å². The van der Waals surface area contributed by atoms with E-state index >= 15 is 0 Å². The zero-order valence-electron chi connectivity index (χ0n) is 12.4. The SMILES string of the molecule is CCOC(C(C)C)C(Cc1cccc(C)c1)NC. The summed E-state index contributed by atoms with van der Waals surface area (Å²) >= 11 is 0. The van der Waals surface area contributed by atoms with Crippen LogP contribution in [0.15, 0.2) is 24.3 Å². The van der Waals surface area contributed by atoms with Crippen LogP contribution in [-0.2, 0) is 11.2 Å². The molecule has 2 atom stereocenters. The Bertz CT molecular complexity index is 349. The van der Waals surface area contributed by atoms with Gasteiger partial charge in [-0.15, -0.1) is 0 Å². The highest BCUT2D eigenvalue weighted by atomic mass is 16.5. The van der Waals surface area contributed by atoms with Crippen LogP contribution in [0.2, 0.25) is 0 Å². The number of hydrogen-bond donors (Lipinski definition) is 1. The van der Waals surface area contributed by atoms with Gasteiger partial charge in [0.25, 0.3) is 0 Å². The lowest BCUT2D eigenvalue weighted by atomic mass is 9.93. The van der Waals surface area contributed by atoms with Crippen LogP contribution in [0.1, 0.15) is 31.9 Å². The minimum Gasteiger partial charge on any atom is -0.377 e. The predicted molar refractivity (Wildman–Crippen MR) is 78.0 cm³/mol. The van der Waals surface area contributed by atoms with Crippen LogP contribution in [-0.4, -0.2) is 25.8 Å². The zero-order valence-corrected chi connectivity index (χ0v) is 12.4. The third kappa shape index (κ3) is 4.43. The molecule has 0 aliphatic rings. The molecule has 1 aromatic rings. The average Bonchev–Trinajstić information content (AvgIpc) is 2.33. The van der Waals surface area contributed by atoms with Gasteiger partial charge in [-0.25, -0.2) is 0 Å². The first kappa shape index (κ1) is 15.2. The fourth-order valence-corrected chi connectivity index (χ4v) is 2.44. The molecule has 0 heterocycles. The molecule has 0 aliphatic carbocycles. The van der Waals surface area contributed by atoms with Gasteiger partial charge in [0.15, 0.2) is 0 Å². The molecule has 0 amide bonds. The van der Waals surface area contributed by atoms with Crippen LogP contribution in [0.25, 0.3) is 0 Å². The third-order valence-electron chi connectivity index (χ3n) is 3.32. The zero-order chi connectivity index (χ0) is 13.5. The van der Waals surface area contributed by atoms with Crippen molar-refractivity contribution in [1.82, 2.24) is 5.32 Å². The van der Waals surface area contributed by atoms with Gasteiger partial charge >= 0.3 is 0 Å². The van der Waals surface area contributed by atoms with Gasteiger partial charge in [-0.05, 0) is 38.8 Å². The van der Waals surface area contributed by atoms with Gasteiger partial charge in [-0.2, -0.15) is 0 Å². The summed E-state index contributed by atoms with van der Waals surface area (Å²) in [4.78, 5) is 0. The summed E-state index contributed by atoms with van der Waals surface area (Å²) in [7, 11) is 2.02. The number of aryl methyl sites for hydroxylation is 1. The summed E-state index contributed by atoms with van der Waals surface area (Å²) in [5.41, 5.74) is 2.69. The number of ether oxygens (including phenoxy) is 1. The van der Waals surface area contributed by atoms with Crippen molar-refractivity contribution in [2.75, 3.05) is 13.7 Å². The first-order chi connectivity index (χ1) is 8.58. The summed E-state index contributed by atoms with van der Waals surface area (Å²) in [5, 5.41) is 3.41. The summed E-state index contributed by atoms with van der Waals surface area (Å²) < 4.78 is 5.90. The molecule has 0 spiro atoms. The summed E-state index contributed by atoms with van der Waals surface area (Å²) in [6, 6.07) is 9.09. The van der Waals surface area contributed by atoms with Gasteiger partial charge in [0, 0.05) is 12.6 Å². The molecular formula is C16H27NO. The minimum absolute atomic E-state index is 0.264. The Kier molecular flexibility index (Phi) is 6.37. The Balaban J connectivity index is 2.76. The monoisotopic (exact) mass is 249 g/mol. The molecule has 0 aliphatic heterocycles. The fourth-order valence-electron chi connectivity index (χ4n) is 2.44. The standard InChI is InChI=1S/C16H27NO/c1-6-18-16(12(2)3)15(17-5)11-14-9-7-8-13(4)10-14/h7-10,12,15-17H,6,11H2,1-5H3. The van der Waals surface area contributed by atoms with E-state index in [2.05, 4.69) is 57.3 Å². The highest BCUT2D eigenvalue weighted by Crippen LogP contribution is 2.16. The fraction of sp³-hybridized carbons (Fsp3) is 0.625. The average molecular weight is 249 g/mol. The van der Waals surface area contributed by atoms with Crippen molar-refractivity contribution in [2.24, 2.45) is 5.92 Å². The van der Waals surface area contributed by atoms with Crippen molar-refractivity contribution < 1.29 is 4.74 Å². The summed E-state index contributed by atoms with van der Waals surface area (Å²) in [6.45, 7) is 9.42. The van der Waals surface area contributed by atoms with E-state index in [0.29, 0.717) is 12.0 Å². The number of hydrogen-bond acceptors (Lipinski definition) is 2. The van der Waals surface area contributed by atoms with Crippen molar-refractivity contribution in [3.63, 3.8) is 0 Å². The van der Waals surface area contributed by atoms with Crippen molar-refractivity contribution >= 4 is 0 Å². The molecule has 0 radical (unpaired) electrons. The molecule has 18 heavy (non-hydrogen) atoms. The van der Waals surface area contributed by atoms with Crippen LogP contribution >= 0.6 is 0 Å². The maximum atomic E-state index is 5.90. The Morgan fingerprint density at radius 1 is 1.28 bits per heavy atom. The van der Waals surface area contributed by atoms with E-state index in [4.69, 9.17) is 4.74 Å². The first-order valence-electron chi connectivity index (χ1n) is 6.92. The van der Waals surface area contributed by atoms with E-state index in [1.807, 2.05) is 7.05 Å². The Hall–Kier alpha value is -0.860. The van der Waals surface area contributed by atoms with Crippen molar-refractivity contribution in [1.29, 1.82) is 0 Å². The van der Waals surface area contributed by atoms with E-state index in [1.54, 1.807) is 0 Å². The number of likely N-dealkylation sites (N-methyl/N-ethyl adjacent to an activating group) is 1. The topological polar surface area (TPSA) is 21.3 Å². The molecule has 0 saturated carbocycles. The molecule has 1 aromatic carbocycles. The number of rotatable bonds is 7. The number of nitrogens with one attached hydrogen (secondary N) is 1. The molecule has 0 fully saturated rings. The minimum atomic E-state index is 0.264. The smallest absolute Gasteiger partial charge is 0.0753 e. The van der Waals surface area contributed by atoms with Crippen molar-refractivity contribution in [2.45, 2.75) is 46.3 Å². The lowest BCUT2D eigenvalue weighted by Gasteiger charge is -2.30. The van der Waals surface area contributed by atoms with E-state index in [9.17, 15) is 0 Å². The molecule has 1 N–H and O–H groups in total. The lowest BCUT2D eigenvalue weighted by Crippen LogP contribution is -2.44. The van der Waals surface area contributed by atoms with Gasteiger partial charge in [0.05, 0.1) is 6.10 Å². The second-order valence-corrected chi connectivity index (χ2v) is 5.25. The number of benzene rings is 1. The van der Waals surface area contributed by atoms with Crippen LogP contribution in [0.4, 0.5) is 0 Å². The molecule has 0 aromatic heterocycles. The summed E-state index contributed by atoms with van der Waals surface area (Å²) in [5.74, 6) is 0.521. The predicted octanol–water partition coefficient (Wildman–Crippen LogP) is 3.19. The second kappa shape index (κ2) is 7.55. The van der Waals surface area contributed by atoms with E-state index in [1.165, 1.54) is 11.1 Å². The van der Waals surface area contributed by atoms with Gasteiger partial charge < -0.3 is 10.1 Å². The Labute approximate surface area is 112 Å². The first-order valence-corrected chi connectivity index (χ1v) is 6.92. The lowest BCUT2D eigenvalue weighted by molar-refractivity contribution is 0.00535. The van der Waals surface area contributed by atoms with Crippen LogP contribution in [0.3, 0.4) is 0 Å². The molecule has 0 bridgehead atoms. The molecule has 2 nitrogen and oxygen atoms in total. The quantitative estimate of drug-likeness (QED) is 0.801. The third-order valence-corrected chi connectivity index (χ3v) is 3.32. The molecule has 0 saturated heterocycles.